The van der Waals surface area contributed by atoms with E-state index < -0.39 is 0 Å². The zero-order valence-corrected chi connectivity index (χ0v) is 6.40. The van der Waals surface area contributed by atoms with Gasteiger partial charge in [0, 0.05) is 11.4 Å². The molecule has 0 fully saturated rings. The maximum Gasteiger partial charge on any atom is 0.253 e. The van der Waals surface area contributed by atoms with Crippen LogP contribution in [0.5, 0.6) is 0 Å². The first kappa shape index (κ1) is 6.46. The lowest BCUT2D eigenvalue weighted by Gasteiger charge is -1.91. The third kappa shape index (κ3) is 0.843. The number of hydrogen-bond donors (Lipinski definition) is 2. The van der Waals surface area contributed by atoms with Crippen molar-refractivity contribution in [2.75, 3.05) is 0 Å². The van der Waals surface area contributed by atoms with E-state index in [0.717, 1.165) is 23.4 Å². The van der Waals surface area contributed by atoms with Gasteiger partial charge in [-0.05, 0) is 12.5 Å². The number of amides is 1. The smallest absolute Gasteiger partial charge is 0.253 e. The van der Waals surface area contributed by atoms with E-state index in [2.05, 4.69) is 17.2 Å². The van der Waals surface area contributed by atoms with Gasteiger partial charge in [-0.15, -0.1) is 0 Å². The Kier molecular flexibility index (Phi) is 1.24. The second-order valence-corrected chi connectivity index (χ2v) is 2.72. The SMILES string of the molecule is CCc1cc2c([nH]1)CNC2=O. The minimum Gasteiger partial charge on any atom is -0.360 e. The van der Waals surface area contributed by atoms with Gasteiger partial charge in [0.05, 0.1) is 12.1 Å². The van der Waals surface area contributed by atoms with Gasteiger partial charge < -0.3 is 10.3 Å². The van der Waals surface area contributed by atoms with Crippen molar-refractivity contribution in [2.45, 2.75) is 19.9 Å². The predicted octanol–water partition coefficient (Wildman–Crippen LogP) is 0.820. The van der Waals surface area contributed by atoms with Crippen LogP contribution in [0.1, 0.15) is 28.7 Å². The number of aromatic amines is 1. The Morgan fingerprint density at radius 3 is 3.09 bits per heavy atom. The molecule has 0 aliphatic carbocycles. The quantitative estimate of drug-likeness (QED) is 0.611. The van der Waals surface area contributed by atoms with E-state index in [1.54, 1.807) is 0 Å². The third-order valence-corrected chi connectivity index (χ3v) is 2.01. The molecular formula is C8H10N2O. The van der Waals surface area contributed by atoms with E-state index in [-0.39, 0.29) is 5.91 Å². The first-order valence-electron chi connectivity index (χ1n) is 3.80. The molecule has 0 aromatic carbocycles. The molecule has 1 aromatic heterocycles. The van der Waals surface area contributed by atoms with Gasteiger partial charge in [-0.25, -0.2) is 0 Å². The zero-order chi connectivity index (χ0) is 7.84. The molecule has 0 saturated heterocycles. The molecule has 11 heavy (non-hydrogen) atoms. The van der Waals surface area contributed by atoms with Crippen LogP contribution in [0.15, 0.2) is 6.07 Å². The maximum absolute atomic E-state index is 11.1. The maximum atomic E-state index is 11.1. The van der Waals surface area contributed by atoms with Crippen LogP contribution in [0.25, 0.3) is 0 Å². The largest absolute Gasteiger partial charge is 0.360 e. The van der Waals surface area contributed by atoms with Gasteiger partial charge in [0.2, 0.25) is 0 Å². The van der Waals surface area contributed by atoms with Gasteiger partial charge in [0.1, 0.15) is 0 Å². The summed E-state index contributed by atoms with van der Waals surface area (Å²) >= 11 is 0. The average Bonchev–Trinajstić information content (AvgIpc) is 2.53. The van der Waals surface area contributed by atoms with Crippen molar-refractivity contribution in [3.8, 4) is 0 Å². The van der Waals surface area contributed by atoms with E-state index in [4.69, 9.17) is 0 Å². The number of carbonyl (C=O) groups is 1. The Morgan fingerprint density at radius 2 is 2.45 bits per heavy atom. The molecule has 0 unspecified atom stereocenters. The van der Waals surface area contributed by atoms with Gasteiger partial charge in [-0.3, -0.25) is 4.79 Å². The van der Waals surface area contributed by atoms with E-state index in [9.17, 15) is 4.79 Å². The van der Waals surface area contributed by atoms with Crippen LogP contribution in [0.2, 0.25) is 0 Å². The fraction of sp³-hybridized carbons (Fsp3) is 0.375. The number of H-pyrrole nitrogens is 1. The highest BCUT2D eigenvalue weighted by Gasteiger charge is 2.20. The molecule has 1 aromatic rings. The Balaban J connectivity index is 2.46. The molecule has 2 N–H and O–H groups in total. The van der Waals surface area contributed by atoms with Crippen molar-refractivity contribution in [2.24, 2.45) is 0 Å². The van der Waals surface area contributed by atoms with Gasteiger partial charge in [-0.1, -0.05) is 6.92 Å². The summed E-state index contributed by atoms with van der Waals surface area (Å²) in [5.74, 6) is 0.0518. The van der Waals surface area contributed by atoms with E-state index in [1.165, 1.54) is 0 Å². The van der Waals surface area contributed by atoms with Crippen molar-refractivity contribution in [1.29, 1.82) is 0 Å². The van der Waals surface area contributed by atoms with Crippen molar-refractivity contribution in [3.05, 3.63) is 23.0 Å². The summed E-state index contributed by atoms with van der Waals surface area (Å²) in [5, 5.41) is 2.75. The molecule has 0 spiro atoms. The summed E-state index contributed by atoms with van der Waals surface area (Å²) in [4.78, 5) is 14.3. The van der Waals surface area contributed by atoms with Crippen LogP contribution >= 0.6 is 0 Å². The first-order valence-corrected chi connectivity index (χ1v) is 3.80. The molecule has 3 nitrogen and oxygen atoms in total. The first-order chi connectivity index (χ1) is 5.31. The molecule has 3 heteroatoms. The molecule has 2 rings (SSSR count). The van der Waals surface area contributed by atoms with Crippen molar-refractivity contribution in [1.82, 2.24) is 10.3 Å². The fourth-order valence-corrected chi connectivity index (χ4v) is 1.35. The van der Waals surface area contributed by atoms with Crippen LogP contribution in [0, 0.1) is 0 Å². The summed E-state index contributed by atoms with van der Waals surface area (Å²) in [7, 11) is 0. The molecule has 0 bridgehead atoms. The lowest BCUT2D eigenvalue weighted by molar-refractivity contribution is 0.0965. The minimum atomic E-state index is 0.0518. The van der Waals surface area contributed by atoms with Gasteiger partial charge in [-0.2, -0.15) is 0 Å². The zero-order valence-electron chi connectivity index (χ0n) is 6.40. The molecule has 1 aliphatic rings. The topological polar surface area (TPSA) is 44.9 Å². The standard InChI is InChI=1S/C8H10N2O/c1-2-5-3-6-7(10-5)4-9-8(6)11/h3,10H,2,4H2,1H3,(H,9,11). The molecule has 0 atom stereocenters. The minimum absolute atomic E-state index is 0.0518. The second kappa shape index (κ2) is 2.12. The number of rotatable bonds is 1. The Bertz CT molecular complexity index is 301. The van der Waals surface area contributed by atoms with Gasteiger partial charge in [0.25, 0.3) is 5.91 Å². The van der Waals surface area contributed by atoms with Crippen LogP contribution in [0.4, 0.5) is 0 Å². The van der Waals surface area contributed by atoms with E-state index in [0.29, 0.717) is 6.54 Å². The summed E-state index contributed by atoms with van der Waals surface area (Å²) in [6.07, 6.45) is 0.959. The average molecular weight is 150 g/mol. The number of hydrogen-bond acceptors (Lipinski definition) is 1. The lowest BCUT2D eigenvalue weighted by atomic mass is 10.2. The molecule has 2 heterocycles. The van der Waals surface area contributed by atoms with Crippen LogP contribution < -0.4 is 5.32 Å². The molecule has 0 saturated carbocycles. The van der Waals surface area contributed by atoms with Crippen LogP contribution in [0.3, 0.4) is 0 Å². The predicted molar refractivity (Wildman–Crippen MR) is 41.3 cm³/mol. The number of aryl methyl sites for hydroxylation is 1. The normalized spacial score (nSPS) is 14.8. The Labute approximate surface area is 64.8 Å². The Hall–Kier alpha value is -1.25. The second-order valence-electron chi connectivity index (χ2n) is 2.72. The van der Waals surface area contributed by atoms with Crippen molar-refractivity contribution >= 4 is 5.91 Å². The highest BCUT2D eigenvalue weighted by atomic mass is 16.1. The third-order valence-electron chi connectivity index (χ3n) is 2.01. The van der Waals surface area contributed by atoms with Gasteiger partial charge >= 0.3 is 0 Å². The summed E-state index contributed by atoms with van der Waals surface area (Å²) < 4.78 is 0. The van der Waals surface area contributed by atoms with E-state index in [1.807, 2.05) is 6.07 Å². The van der Waals surface area contributed by atoms with Gasteiger partial charge in [0.15, 0.2) is 0 Å². The highest BCUT2D eigenvalue weighted by molar-refractivity contribution is 5.98. The van der Waals surface area contributed by atoms with Crippen LogP contribution in [-0.4, -0.2) is 10.9 Å². The molecule has 58 valence electrons. The molecule has 0 radical (unpaired) electrons. The number of aromatic nitrogens is 1. The summed E-state index contributed by atoms with van der Waals surface area (Å²) in [6.45, 7) is 2.73. The monoisotopic (exact) mass is 150 g/mol. The number of carbonyl (C=O) groups excluding carboxylic acids is 1. The molecule has 1 amide bonds. The summed E-state index contributed by atoms with van der Waals surface area (Å²) in [5.41, 5.74) is 3.00. The lowest BCUT2D eigenvalue weighted by Crippen LogP contribution is -2.13. The number of fused-ring (bicyclic) bond motifs is 1. The van der Waals surface area contributed by atoms with Crippen LogP contribution in [-0.2, 0) is 13.0 Å². The molecule has 1 aliphatic heterocycles. The van der Waals surface area contributed by atoms with Crippen molar-refractivity contribution in [3.63, 3.8) is 0 Å². The number of nitrogens with one attached hydrogen (secondary N) is 2. The molecular weight excluding hydrogens is 140 g/mol. The highest BCUT2D eigenvalue weighted by Crippen LogP contribution is 2.16. The fourth-order valence-electron chi connectivity index (χ4n) is 1.35. The van der Waals surface area contributed by atoms with Crippen molar-refractivity contribution < 1.29 is 4.79 Å². The van der Waals surface area contributed by atoms with E-state index >= 15 is 0 Å². The Morgan fingerprint density at radius 1 is 1.64 bits per heavy atom. The summed E-state index contributed by atoms with van der Waals surface area (Å²) in [6, 6.07) is 1.93.